The number of nitrogens with zero attached hydrogens (tertiary/aromatic N) is 1. The summed E-state index contributed by atoms with van der Waals surface area (Å²) in [7, 11) is 0. The van der Waals surface area contributed by atoms with E-state index in [-0.39, 0.29) is 0 Å². The van der Waals surface area contributed by atoms with Crippen molar-refractivity contribution in [1.82, 2.24) is 5.16 Å². The van der Waals surface area contributed by atoms with Crippen LogP contribution in [0.2, 0.25) is 0 Å². The van der Waals surface area contributed by atoms with Crippen LogP contribution in [0.5, 0.6) is 0 Å². The lowest BCUT2D eigenvalue weighted by Gasteiger charge is -1.88. The highest BCUT2D eigenvalue weighted by molar-refractivity contribution is 5.39. The molecule has 0 saturated heterocycles. The Morgan fingerprint density at radius 1 is 1.67 bits per heavy atom. The van der Waals surface area contributed by atoms with Gasteiger partial charge in [0.2, 0.25) is 0 Å². The number of aromatic nitrogens is 1. The lowest BCUT2D eigenvalue weighted by Crippen LogP contribution is -1.89. The van der Waals surface area contributed by atoms with E-state index in [1.807, 2.05) is 13.8 Å². The van der Waals surface area contributed by atoms with Crippen LogP contribution < -0.4 is 5.73 Å². The molecule has 0 aromatic carbocycles. The number of hydrogen-bond donors (Lipinski definition) is 1. The summed E-state index contributed by atoms with van der Waals surface area (Å²) in [6.45, 7) is 3.89. The second kappa shape index (κ2) is 2.09. The van der Waals surface area contributed by atoms with Crippen LogP contribution in [0.15, 0.2) is 4.52 Å². The van der Waals surface area contributed by atoms with E-state index in [4.69, 9.17) is 10.3 Å². The summed E-state index contributed by atoms with van der Waals surface area (Å²) in [4.78, 5) is 0. The van der Waals surface area contributed by atoms with E-state index in [2.05, 4.69) is 5.16 Å². The van der Waals surface area contributed by atoms with Gasteiger partial charge in [-0.3, -0.25) is 0 Å². The van der Waals surface area contributed by atoms with Crippen molar-refractivity contribution < 1.29 is 4.52 Å². The molecule has 3 heteroatoms. The molecule has 0 amide bonds. The molecule has 0 atom stereocenters. The maximum absolute atomic E-state index is 5.45. The average Bonchev–Trinajstić information content (AvgIpc) is 2.12. The van der Waals surface area contributed by atoms with Crippen molar-refractivity contribution in [2.75, 3.05) is 5.73 Å². The van der Waals surface area contributed by atoms with Crippen LogP contribution in [0.25, 0.3) is 0 Å². The van der Waals surface area contributed by atoms with E-state index >= 15 is 0 Å². The number of aryl methyl sites for hydroxylation is 1. The van der Waals surface area contributed by atoms with E-state index in [9.17, 15) is 0 Å². The van der Waals surface area contributed by atoms with Gasteiger partial charge >= 0.3 is 0 Å². The Balaban J connectivity index is 3.07. The molecular formula is C6H10N2O. The molecule has 0 bridgehead atoms. The average molecular weight is 126 g/mol. The second-order valence-corrected chi connectivity index (χ2v) is 1.96. The topological polar surface area (TPSA) is 52.0 Å². The zero-order valence-electron chi connectivity index (χ0n) is 5.64. The molecule has 3 nitrogen and oxygen atoms in total. The molecule has 1 heterocycles. The number of nitrogens with two attached hydrogens (primary N) is 1. The molecule has 0 radical (unpaired) electrons. The molecule has 0 spiro atoms. The van der Waals surface area contributed by atoms with Crippen LogP contribution in [-0.4, -0.2) is 5.16 Å². The number of hydrogen-bond acceptors (Lipinski definition) is 3. The van der Waals surface area contributed by atoms with Crippen molar-refractivity contribution in [3.8, 4) is 0 Å². The van der Waals surface area contributed by atoms with Crippen LogP contribution in [-0.2, 0) is 6.42 Å². The van der Waals surface area contributed by atoms with E-state index in [0.717, 1.165) is 17.7 Å². The van der Waals surface area contributed by atoms with Gasteiger partial charge in [-0.05, 0) is 13.3 Å². The minimum Gasteiger partial charge on any atom is -0.381 e. The lowest BCUT2D eigenvalue weighted by atomic mass is 10.2. The van der Waals surface area contributed by atoms with Gasteiger partial charge in [-0.15, -0.1) is 0 Å². The Hall–Kier alpha value is -0.990. The fourth-order valence-electron chi connectivity index (χ4n) is 0.838. The molecule has 0 aliphatic carbocycles. The van der Waals surface area contributed by atoms with Gasteiger partial charge in [-0.1, -0.05) is 12.1 Å². The minimum absolute atomic E-state index is 0.523. The molecule has 0 aliphatic rings. The van der Waals surface area contributed by atoms with Crippen LogP contribution in [0.1, 0.15) is 18.2 Å². The van der Waals surface area contributed by atoms with E-state index in [0.29, 0.717) is 5.82 Å². The van der Waals surface area contributed by atoms with Gasteiger partial charge in [0.25, 0.3) is 0 Å². The van der Waals surface area contributed by atoms with Gasteiger partial charge in [0, 0.05) is 5.56 Å². The predicted octanol–water partition coefficient (Wildman–Crippen LogP) is 1.13. The summed E-state index contributed by atoms with van der Waals surface area (Å²) in [6, 6.07) is 0. The standard InChI is InChI=1S/C6H10N2O/c1-3-5-4(2)9-8-6(5)7/h3H2,1-2H3,(H2,7,8). The molecule has 0 aliphatic heterocycles. The number of anilines is 1. The fourth-order valence-corrected chi connectivity index (χ4v) is 0.838. The van der Waals surface area contributed by atoms with E-state index in [1.165, 1.54) is 0 Å². The van der Waals surface area contributed by atoms with E-state index in [1.54, 1.807) is 0 Å². The Bertz CT molecular complexity index is 185. The van der Waals surface area contributed by atoms with Crippen molar-refractivity contribution in [1.29, 1.82) is 0 Å². The Labute approximate surface area is 53.8 Å². The first-order valence-electron chi connectivity index (χ1n) is 2.96. The second-order valence-electron chi connectivity index (χ2n) is 1.96. The summed E-state index contributed by atoms with van der Waals surface area (Å²) < 4.78 is 4.81. The minimum atomic E-state index is 0.523. The van der Waals surface area contributed by atoms with Gasteiger partial charge in [0.1, 0.15) is 5.76 Å². The Kier molecular flexibility index (Phi) is 1.42. The molecule has 0 saturated carbocycles. The van der Waals surface area contributed by atoms with Gasteiger partial charge in [0.05, 0.1) is 0 Å². The summed E-state index contributed by atoms with van der Waals surface area (Å²) in [5, 5.41) is 3.59. The summed E-state index contributed by atoms with van der Waals surface area (Å²) in [5.74, 6) is 1.35. The molecule has 0 unspecified atom stereocenters. The third-order valence-electron chi connectivity index (χ3n) is 1.37. The smallest absolute Gasteiger partial charge is 0.170 e. The zero-order valence-corrected chi connectivity index (χ0v) is 5.64. The van der Waals surface area contributed by atoms with E-state index < -0.39 is 0 Å². The van der Waals surface area contributed by atoms with Gasteiger partial charge in [-0.25, -0.2) is 0 Å². The zero-order chi connectivity index (χ0) is 6.85. The molecule has 1 aromatic rings. The molecule has 1 rings (SSSR count). The van der Waals surface area contributed by atoms with Crippen molar-refractivity contribution >= 4 is 5.82 Å². The van der Waals surface area contributed by atoms with Crippen LogP contribution in [0, 0.1) is 6.92 Å². The first kappa shape index (κ1) is 6.13. The highest BCUT2D eigenvalue weighted by Crippen LogP contribution is 2.14. The molecule has 1 aromatic heterocycles. The van der Waals surface area contributed by atoms with Gasteiger partial charge < -0.3 is 10.3 Å². The van der Waals surface area contributed by atoms with Gasteiger partial charge in [0.15, 0.2) is 5.82 Å². The Morgan fingerprint density at radius 2 is 2.33 bits per heavy atom. The SMILES string of the molecule is CCc1c(N)noc1C. The van der Waals surface area contributed by atoms with Crippen molar-refractivity contribution in [2.24, 2.45) is 0 Å². The van der Waals surface area contributed by atoms with Crippen molar-refractivity contribution in [3.63, 3.8) is 0 Å². The van der Waals surface area contributed by atoms with Crippen LogP contribution in [0.3, 0.4) is 0 Å². The largest absolute Gasteiger partial charge is 0.381 e. The quantitative estimate of drug-likeness (QED) is 0.613. The van der Waals surface area contributed by atoms with Crippen molar-refractivity contribution in [3.05, 3.63) is 11.3 Å². The number of nitrogen functional groups attached to an aromatic ring is 1. The monoisotopic (exact) mass is 126 g/mol. The highest BCUT2D eigenvalue weighted by atomic mass is 16.5. The summed E-state index contributed by atoms with van der Waals surface area (Å²) in [6.07, 6.45) is 0.890. The van der Waals surface area contributed by atoms with Crippen LogP contribution in [0.4, 0.5) is 5.82 Å². The molecule has 9 heavy (non-hydrogen) atoms. The maximum Gasteiger partial charge on any atom is 0.170 e. The van der Waals surface area contributed by atoms with Crippen LogP contribution >= 0.6 is 0 Å². The first-order valence-corrected chi connectivity index (χ1v) is 2.96. The summed E-state index contributed by atoms with van der Waals surface area (Å²) in [5.41, 5.74) is 6.47. The third kappa shape index (κ3) is 0.896. The normalized spacial score (nSPS) is 10.0. The highest BCUT2D eigenvalue weighted by Gasteiger charge is 2.05. The third-order valence-corrected chi connectivity index (χ3v) is 1.37. The van der Waals surface area contributed by atoms with Crippen molar-refractivity contribution in [2.45, 2.75) is 20.3 Å². The molecule has 0 fully saturated rings. The van der Waals surface area contributed by atoms with Gasteiger partial charge in [-0.2, -0.15) is 0 Å². The maximum atomic E-state index is 5.45. The first-order chi connectivity index (χ1) is 4.25. The number of rotatable bonds is 1. The Morgan fingerprint density at radius 3 is 2.56 bits per heavy atom. The molecular weight excluding hydrogens is 116 g/mol. The lowest BCUT2D eigenvalue weighted by molar-refractivity contribution is 0.399. The summed E-state index contributed by atoms with van der Waals surface area (Å²) >= 11 is 0. The predicted molar refractivity (Wildman–Crippen MR) is 35.0 cm³/mol. The molecule has 50 valence electrons. The molecule has 2 N–H and O–H groups in total. The fraction of sp³-hybridized carbons (Fsp3) is 0.500.